The first kappa shape index (κ1) is 24.7. The van der Waals surface area contributed by atoms with E-state index in [-0.39, 0.29) is 5.92 Å². The predicted molar refractivity (Wildman–Crippen MR) is 135 cm³/mol. The van der Waals surface area contributed by atoms with Gasteiger partial charge in [0.15, 0.2) is 12.0 Å². The van der Waals surface area contributed by atoms with E-state index in [2.05, 4.69) is 35.0 Å². The summed E-state index contributed by atoms with van der Waals surface area (Å²) in [5.41, 5.74) is 4.54. The number of likely N-dealkylation sites (tertiary alicyclic amines) is 1. The molecular formula is C28H30N4O2. The zero-order valence-electron chi connectivity index (χ0n) is 19.8. The molecule has 0 saturated carbocycles. The average Bonchev–Trinajstić information content (AvgIpc) is 3.23. The lowest BCUT2D eigenvalue weighted by molar-refractivity contribution is 0.112. The summed E-state index contributed by atoms with van der Waals surface area (Å²) in [6.07, 6.45) is 5.18. The molecule has 1 fully saturated rings. The number of nitrogens with zero attached hydrogens (tertiary/aromatic N) is 2. The standard InChI is InChI=1S/C23H22N2O2.C5H8N2/c1-16(18-6-4-3-5-7-18)19-8-10-21(11-9-19)27-22(12-13-24)23-17(2)20(15-26)14-25-23;1-7-3-5(2-6)4-7/h3-16,24-25H,1-2H3;5H,3-4H2,1H3/b22-12+,24-13?;. The van der Waals surface area contributed by atoms with Crippen molar-refractivity contribution >= 4 is 18.3 Å². The van der Waals surface area contributed by atoms with Crippen molar-refractivity contribution in [3.8, 4) is 11.8 Å². The molecule has 1 saturated heterocycles. The van der Waals surface area contributed by atoms with Crippen LogP contribution in [0.4, 0.5) is 0 Å². The molecule has 0 bridgehead atoms. The van der Waals surface area contributed by atoms with Crippen molar-refractivity contribution < 1.29 is 9.53 Å². The van der Waals surface area contributed by atoms with Gasteiger partial charge in [-0.1, -0.05) is 49.4 Å². The molecule has 2 heterocycles. The Morgan fingerprint density at radius 2 is 1.82 bits per heavy atom. The number of rotatable bonds is 7. The molecule has 0 amide bonds. The number of carbonyl (C=O) groups is 1. The molecule has 4 rings (SSSR count). The van der Waals surface area contributed by atoms with Gasteiger partial charge in [-0.2, -0.15) is 5.26 Å². The fourth-order valence-corrected chi connectivity index (χ4v) is 3.80. The highest BCUT2D eigenvalue weighted by molar-refractivity contribution is 5.85. The molecule has 2 N–H and O–H groups in total. The number of aromatic nitrogens is 1. The molecule has 0 spiro atoms. The number of aldehydes is 1. The maximum absolute atomic E-state index is 11.1. The molecule has 1 unspecified atom stereocenters. The number of nitriles is 1. The smallest absolute Gasteiger partial charge is 0.152 e. The summed E-state index contributed by atoms with van der Waals surface area (Å²) in [7, 11) is 2.02. The van der Waals surface area contributed by atoms with Gasteiger partial charge in [0.1, 0.15) is 5.75 Å². The molecule has 2 aromatic carbocycles. The zero-order chi connectivity index (χ0) is 24.5. The minimum atomic E-state index is 0.289. The molecule has 1 aromatic heterocycles. The third kappa shape index (κ3) is 6.09. The van der Waals surface area contributed by atoms with Gasteiger partial charge in [-0.15, -0.1) is 0 Å². The molecule has 0 aliphatic carbocycles. The highest BCUT2D eigenvalue weighted by Crippen LogP contribution is 2.28. The summed E-state index contributed by atoms with van der Waals surface area (Å²) in [5, 5.41) is 15.6. The molecule has 0 radical (unpaired) electrons. The van der Waals surface area contributed by atoms with Gasteiger partial charge in [0.05, 0.1) is 17.7 Å². The normalized spacial score (nSPS) is 14.7. The molecule has 174 valence electrons. The summed E-state index contributed by atoms with van der Waals surface area (Å²) in [4.78, 5) is 16.3. The Morgan fingerprint density at radius 1 is 1.18 bits per heavy atom. The lowest BCUT2D eigenvalue weighted by Crippen LogP contribution is -2.42. The van der Waals surface area contributed by atoms with E-state index < -0.39 is 0 Å². The minimum absolute atomic E-state index is 0.289. The second-order valence-corrected chi connectivity index (χ2v) is 8.41. The fraction of sp³-hybridized carbons (Fsp3) is 0.250. The Kier molecular flexibility index (Phi) is 8.55. The van der Waals surface area contributed by atoms with Crippen molar-refractivity contribution in [2.24, 2.45) is 5.92 Å². The van der Waals surface area contributed by atoms with Crippen molar-refractivity contribution in [3.05, 3.63) is 94.8 Å². The average molecular weight is 455 g/mol. The van der Waals surface area contributed by atoms with Crippen molar-refractivity contribution in [1.82, 2.24) is 9.88 Å². The van der Waals surface area contributed by atoms with Gasteiger partial charge in [-0.25, -0.2) is 0 Å². The van der Waals surface area contributed by atoms with Crippen LogP contribution < -0.4 is 4.74 Å². The third-order valence-electron chi connectivity index (χ3n) is 5.94. The van der Waals surface area contributed by atoms with Gasteiger partial charge in [0, 0.05) is 43.1 Å². The van der Waals surface area contributed by atoms with Gasteiger partial charge < -0.3 is 20.0 Å². The SMILES string of the molecule is CN1CC(C#N)C1.Cc1c(C=O)c[nH]c1/C(=C\C=N)Oc1ccc(C(C)c2ccccc2)cc1. The number of ether oxygens (including phenoxy) is 1. The topological polar surface area (TPSA) is 93.0 Å². The number of allylic oxidation sites excluding steroid dienone is 1. The van der Waals surface area contributed by atoms with Crippen LogP contribution in [0.15, 0.2) is 66.9 Å². The number of hydrogen-bond acceptors (Lipinski definition) is 5. The van der Waals surface area contributed by atoms with Crippen LogP contribution in [0.1, 0.15) is 45.6 Å². The Labute approximate surface area is 201 Å². The van der Waals surface area contributed by atoms with E-state index in [0.717, 1.165) is 24.9 Å². The maximum atomic E-state index is 11.1. The van der Waals surface area contributed by atoms with Crippen LogP contribution in [0, 0.1) is 29.6 Å². The van der Waals surface area contributed by atoms with Gasteiger partial charge in [0.25, 0.3) is 0 Å². The van der Waals surface area contributed by atoms with E-state index in [1.807, 2.05) is 56.4 Å². The van der Waals surface area contributed by atoms with Gasteiger partial charge >= 0.3 is 0 Å². The molecule has 3 aromatic rings. The Morgan fingerprint density at radius 3 is 2.32 bits per heavy atom. The lowest BCUT2D eigenvalue weighted by Gasteiger charge is -2.30. The first-order valence-electron chi connectivity index (χ1n) is 11.2. The number of nitrogens with one attached hydrogen (secondary N) is 2. The summed E-state index contributed by atoms with van der Waals surface area (Å²) in [6.45, 7) is 5.96. The van der Waals surface area contributed by atoms with Crippen molar-refractivity contribution in [2.45, 2.75) is 19.8 Å². The number of aromatic amines is 1. The van der Waals surface area contributed by atoms with Crippen LogP contribution in [0.5, 0.6) is 5.75 Å². The Hall–Kier alpha value is -3.95. The number of H-pyrrole nitrogens is 1. The summed E-state index contributed by atoms with van der Waals surface area (Å²) in [5.74, 6) is 1.79. The molecule has 6 nitrogen and oxygen atoms in total. The molecule has 34 heavy (non-hydrogen) atoms. The van der Waals surface area contributed by atoms with E-state index in [1.54, 1.807) is 12.3 Å². The highest BCUT2D eigenvalue weighted by Gasteiger charge is 2.21. The van der Waals surface area contributed by atoms with Crippen molar-refractivity contribution in [3.63, 3.8) is 0 Å². The molecule has 1 aliphatic rings. The first-order valence-corrected chi connectivity index (χ1v) is 11.2. The third-order valence-corrected chi connectivity index (χ3v) is 5.94. The van der Waals surface area contributed by atoms with Gasteiger partial charge in [0.2, 0.25) is 0 Å². The van der Waals surface area contributed by atoms with Crippen LogP contribution in [0.2, 0.25) is 0 Å². The first-order chi connectivity index (χ1) is 16.5. The largest absolute Gasteiger partial charge is 0.455 e. The molecule has 1 atom stereocenters. The Balaban J connectivity index is 0.000000396. The second-order valence-electron chi connectivity index (χ2n) is 8.41. The van der Waals surface area contributed by atoms with Crippen LogP contribution in [0.25, 0.3) is 5.76 Å². The minimum Gasteiger partial charge on any atom is -0.455 e. The van der Waals surface area contributed by atoms with E-state index in [1.165, 1.54) is 17.3 Å². The fourth-order valence-electron chi connectivity index (χ4n) is 3.80. The monoisotopic (exact) mass is 454 g/mol. The van der Waals surface area contributed by atoms with E-state index in [0.29, 0.717) is 28.7 Å². The van der Waals surface area contributed by atoms with Crippen molar-refractivity contribution in [2.75, 3.05) is 20.1 Å². The quantitative estimate of drug-likeness (QED) is 0.283. The number of hydrogen-bond donors (Lipinski definition) is 2. The molecule has 1 aliphatic heterocycles. The molecule has 6 heteroatoms. The van der Waals surface area contributed by atoms with Crippen molar-refractivity contribution in [1.29, 1.82) is 10.7 Å². The lowest BCUT2D eigenvalue weighted by atomic mass is 9.93. The highest BCUT2D eigenvalue weighted by atomic mass is 16.5. The van der Waals surface area contributed by atoms with E-state index >= 15 is 0 Å². The summed E-state index contributed by atoms with van der Waals surface area (Å²) in [6, 6.07) is 20.5. The van der Waals surface area contributed by atoms with Crippen LogP contribution in [-0.2, 0) is 0 Å². The van der Waals surface area contributed by atoms with Gasteiger partial charge in [-0.05, 0) is 42.8 Å². The van der Waals surface area contributed by atoms with E-state index in [4.69, 9.17) is 15.4 Å². The zero-order valence-corrected chi connectivity index (χ0v) is 19.8. The number of carbonyl (C=O) groups excluding carboxylic acids is 1. The van der Waals surface area contributed by atoms with Crippen LogP contribution >= 0.6 is 0 Å². The van der Waals surface area contributed by atoms with Crippen LogP contribution in [-0.4, -0.2) is 42.5 Å². The number of benzene rings is 2. The second kappa shape index (κ2) is 11.8. The van der Waals surface area contributed by atoms with Gasteiger partial charge in [-0.3, -0.25) is 4.79 Å². The predicted octanol–water partition coefficient (Wildman–Crippen LogP) is 5.43. The summed E-state index contributed by atoms with van der Waals surface area (Å²) < 4.78 is 5.98. The van der Waals surface area contributed by atoms with Crippen LogP contribution in [0.3, 0.4) is 0 Å². The Bertz CT molecular complexity index is 1170. The maximum Gasteiger partial charge on any atom is 0.152 e. The molecular weight excluding hydrogens is 424 g/mol. The summed E-state index contributed by atoms with van der Waals surface area (Å²) >= 11 is 0. The van der Waals surface area contributed by atoms with E-state index in [9.17, 15) is 4.79 Å².